The standard InChI is InChI=1S/C13H23NO2/c1-8-5-10-6-14(7-11(10)9(8)2)12(15)13(3,4)16/h8-11,16H,5-7H2,1-4H3/t8-,9+,10?,11?/m1/s1. The fraction of sp³-hybridized carbons (Fsp3) is 0.923. The highest BCUT2D eigenvalue weighted by molar-refractivity contribution is 5.84. The number of amides is 1. The molecule has 3 heteroatoms. The van der Waals surface area contributed by atoms with Crippen LogP contribution in [0.1, 0.15) is 34.1 Å². The molecule has 2 aliphatic rings. The second-order valence-electron chi connectivity index (χ2n) is 6.27. The molecule has 0 aromatic rings. The van der Waals surface area contributed by atoms with Crippen molar-refractivity contribution in [2.75, 3.05) is 13.1 Å². The first kappa shape index (κ1) is 11.9. The second-order valence-corrected chi connectivity index (χ2v) is 6.27. The third kappa shape index (κ3) is 1.86. The van der Waals surface area contributed by atoms with Crippen LogP contribution < -0.4 is 0 Å². The van der Waals surface area contributed by atoms with Gasteiger partial charge in [-0.1, -0.05) is 13.8 Å². The van der Waals surface area contributed by atoms with Gasteiger partial charge in [0.2, 0.25) is 0 Å². The van der Waals surface area contributed by atoms with Crippen LogP contribution in [-0.4, -0.2) is 34.6 Å². The normalized spacial score (nSPS) is 38.9. The Kier molecular flexibility index (Phi) is 2.77. The van der Waals surface area contributed by atoms with Gasteiger partial charge in [0.15, 0.2) is 0 Å². The van der Waals surface area contributed by atoms with Crippen molar-refractivity contribution in [3.63, 3.8) is 0 Å². The molecular weight excluding hydrogens is 202 g/mol. The number of aliphatic hydroxyl groups is 1. The lowest BCUT2D eigenvalue weighted by molar-refractivity contribution is -0.147. The summed E-state index contributed by atoms with van der Waals surface area (Å²) in [4.78, 5) is 13.8. The summed E-state index contributed by atoms with van der Waals surface area (Å²) in [5.41, 5.74) is -1.21. The molecule has 1 aliphatic heterocycles. The van der Waals surface area contributed by atoms with Gasteiger partial charge in [-0.15, -0.1) is 0 Å². The summed E-state index contributed by atoms with van der Waals surface area (Å²) in [6.07, 6.45) is 1.24. The lowest BCUT2D eigenvalue weighted by Crippen LogP contribution is -2.44. The Hall–Kier alpha value is -0.570. The molecule has 2 fully saturated rings. The van der Waals surface area contributed by atoms with Gasteiger partial charge >= 0.3 is 0 Å². The predicted octanol–water partition coefficient (Wildman–Crippen LogP) is 1.51. The molecule has 0 bridgehead atoms. The minimum absolute atomic E-state index is 0.109. The Bertz CT molecular complexity index is 295. The van der Waals surface area contributed by atoms with Crippen LogP contribution in [0.15, 0.2) is 0 Å². The van der Waals surface area contributed by atoms with Crippen molar-refractivity contribution in [3.05, 3.63) is 0 Å². The van der Waals surface area contributed by atoms with E-state index in [1.165, 1.54) is 6.42 Å². The number of carbonyl (C=O) groups excluding carboxylic acids is 1. The highest BCUT2D eigenvalue weighted by Gasteiger charge is 2.46. The van der Waals surface area contributed by atoms with E-state index in [0.29, 0.717) is 17.8 Å². The quantitative estimate of drug-likeness (QED) is 0.735. The Morgan fingerprint density at radius 1 is 1.31 bits per heavy atom. The smallest absolute Gasteiger partial charge is 0.253 e. The topological polar surface area (TPSA) is 40.5 Å². The molecule has 92 valence electrons. The number of hydrogen-bond acceptors (Lipinski definition) is 2. The first-order valence-corrected chi connectivity index (χ1v) is 6.32. The lowest BCUT2D eigenvalue weighted by atomic mass is 9.91. The van der Waals surface area contributed by atoms with E-state index in [2.05, 4.69) is 13.8 Å². The third-order valence-electron chi connectivity index (χ3n) is 4.55. The molecule has 0 radical (unpaired) electrons. The van der Waals surface area contributed by atoms with Gasteiger partial charge < -0.3 is 10.0 Å². The van der Waals surface area contributed by atoms with Gasteiger partial charge in [0.1, 0.15) is 5.60 Å². The van der Waals surface area contributed by atoms with E-state index in [1.807, 2.05) is 4.90 Å². The van der Waals surface area contributed by atoms with Crippen molar-refractivity contribution in [3.8, 4) is 0 Å². The van der Waals surface area contributed by atoms with E-state index >= 15 is 0 Å². The zero-order valence-corrected chi connectivity index (χ0v) is 10.7. The summed E-state index contributed by atoms with van der Waals surface area (Å²) < 4.78 is 0. The van der Waals surface area contributed by atoms with Gasteiger partial charge in [0.25, 0.3) is 5.91 Å². The van der Waals surface area contributed by atoms with Crippen molar-refractivity contribution in [1.82, 2.24) is 4.90 Å². The van der Waals surface area contributed by atoms with Crippen LogP contribution in [0.3, 0.4) is 0 Å². The molecule has 1 aliphatic carbocycles. The van der Waals surface area contributed by atoms with Crippen LogP contribution in [0.4, 0.5) is 0 Å². The minimum Gasteiger partial charge on any atom is -0.381 e. The molecule has 3 nitrogen and oxygen atoms in total. The summed E-state index contributed by atoms with van der Waals surface area (Å²) in [7, 11) is 0. The zero-order valence-electron chi connectivity index (χ0n) is 10.7. The number of likely N-dealkylation sites (tertiary alicyclic amines) is 1. The van der Waals surface area contributed by atoms with Crippen molar-refractivity contribution in [1.29, 1.82) is 0 Å². The van der Waals surface area contributed by atoms with Crippen molar-refractivity contribution < 1.29 is 9.90 Å². The minimum atomic E-state index is -1.21. The Morgan fingerprint density at radius 3 is 2.44 bits per heavy atom. The van der Waals surface area contributed by atoms with Gasteiger partial charge in [-0.2, -0.15) is 0 Å². The van der Waals surface area contributed by atoms with Crippen LogP contribution in [0.5, 0.6) is 0 Å². The van der Waals surface area contributed by atoms with Gasteiger partial charge in [-0.3, -0.25) is 4.79 Å². The van der Waals surface area contributed by atoms with E-state index in [1.54, 1.807) is 13.8 Å². The molecule has 16 heavy (non-hydrogen) atoms. The maximum Gasteiger partial charge on any atom is 0.253 e. The Morgan fingerprint density at radius 2 is 1.94 bits per heavy atom. The molecule has 1 amide bonds. The monoisotopic (exact) mass is 225 g/mol. The largest absolute Gasteiger partial charge is 0.381 e. The summed E-state index contributed by atoms with van der Waals surface area (Å²) in [6, 6.07) is 0. The highest BCUT2D eigenvalue weighted by Crippen LogP contribution is 2.45. The zero-order chi connectivity index (χ0) is 12.1. The van der Waals surface area contributed by atoms with E-state index in [4.69, 9.17) is 0 Å². The fourth-order valence-corrected chi connectivity index (χ4v) is 3.41. The number of fused-ring (bicyclic) bond motifs is 1. The maximum absolute atomic E-state index is 12.0. The van der Waals surface area contributed by atoms with Gasteiger partial charge in [-0.05, 0) is 43.9 Å². The first-order valence-electron chi connectivity index (χ1n) is 6.32. The predicted molar refractivity (Wildman–Crippen MR) is 62.8 cm³/mol. The summed E-state index contributed by atoms with van der Waals surface area (Å²) >= 11 is 0. The van der Waals surface area contributed by atoms with Crippen molar-refractivity contribution in [2.24, 2.45) is 23.7 Å². The van der Waals surface area contributed by atoms with E-state index in [0.717, 1.165) is 19.0 Å². The van der Waals surface area contributed by atoms with Crippen LogP contribution in [0.2, 0.25) is 0 Å². The summed E-state index contributed by atoms with van der Waals surface area (Å²) in [5.74, 6) is 2.71. The molecule has 0 spiro atoms. The number of hydrogen-bond donors (Lipinski definition) is 1. The van der Waals surface area contributed by atoms with Gasteiger partial charge in [0.05, 0.1) is 0 Å². The molecular formula is C13H23NO2. The fourth-order valence-electron chi connectivity index (χ4n) is 3.41. The van der Waals surface area contributed by atoms with E-state index in [9.17, 15) is 9.90 Å². The number of nitrogens with zero attached hydrogens (tertiary/aromatic N) is 1. The number of rotatable bonds is 1. The van der Waals surface area contributed by atoms with E-state index < -0.39 is 5.60 Å². The molecule has 4 atom stereocenters. The SMILES string of the molecule is C[C@@H]1CC2CN(C(=O)C(C)(C)O)CC2[C@H]1C. The van der Waals surface area contributed by atoms with Gasteiger partial charge in [0, 0.05) is 13.1 Å². The molecule has 1 heterocycles. The molecule has 0 aromatic heterocycles. The van der Waals surface area contributed by atoms with Crippen molar-refractivity contribution in [2.45, 2.75) is 39.7 Å². The average Bonchev–Trinajstić information content (AvgIpc) is 2.66. The molecule has 1 saturated carbocycles. The summed E-state index contributed by atoms with van der Waals surface area (Å²) in [5, 5.41) is 9.74. The average molecular weight is 225 g/mol. The van der Waals surface area contributed by atoms with E-state index in [-0.39, 0.29) is 5.91 Å². The first-order chi connectivity index (χ1) is 7.30. The summed E-state index contributed by atoms with van der Waals surface area (Å²) in [6.45, 7) is 9.46. The van der Waals surface area contributed by atoms with Crippen LogP contribution >= 0.6 is 0 Å². The highest BCUT2D eigenvalue weighted by atomic mass is 16.3. The Balaban J connectivity index is 2.03. The van der Waals surface area contributed by atoms with Crippen LogP contribution in [0, 0.1) is 23.7 Å². The van der Waals surface area contributed by atoms with Gasteiger partial charge in [-0.25, -0.2) is 0 Å². The third-order valence-corrected chi connectivity index (χ3v) is 4.55. The van der Waals surface area contributed by atoms with Crippen molar-refractivity contribution >= 4 is 5.91 Å². The van der Waals surface area contributed by atoms with Crippen LogP contribution in [-0.2, 0) is 4.79 Å². The molecule has 1 N–H and O–H groups in total. The molecule has 2 unspecified atom stereocenters. The van der Waals surface area contributed by atoms with Crippen LogP contribution in [0.25, 0.3) is 0 Å². The molecule has 0 aromatic carbocycles. The molecule has 1 saturated heterocycles. The maximum atomic E-state index is 12.0. The molecule has 2 rings (SSSR count). The lowest BCUT2D eigenvalue weighted by Gasteiger charge is -2.26. The second kappa shape index (κ2) is 3.73. The number of carbonyl (C=O) groups is 1. The Labute approximate surface area is 97.8 Å².